The number of carbonyl (C=O) groups is 2. The van der Waals surface area contributed by atoms with E-state index in [-0.39, 0.29) is 35.5 Å². The van der Waals surface area contributed by atoms with Crippen LogP contribution in [0.15, 0.2) is 0 Å². The Bertz CT molecular complexity index is 227. The van der Waals surface area contributed by atoms with Gasteiger partial charge in [-0.1, -0.05) is 13.8 Å². The highest BCUT2D eigenvalue weighted by Crippen LogP contribution is 2.38. The van der Waals surface area contributed by atoms with E-state index in [1.165, 1.54) is 0 Å². The van der Waals surface area contributed by atoms with Crippen molar-refractivity contribution in [2.45, 2.75) is 26.7 Å². The van der Waals surface area contributed by atoms with Gasteiger partial charge in [0, 0.05) is 11.8 Å². The first-order chi connectivity index (χ1) is 6.45. The second-order valence-corrected chi connectivity index (χ2v) is 4.31. The SMILES string of the molecule is CC1C(C(N)=O)CCC(C(N)=O)C1C. The zero-order valence-corrected chi connectivity index (χ0v) is 8.69. The molecule has 4 heteroatoms. The number of rotatable bonds is 2. The predicted molar refractivity (Wildman–Crippen MR) is 52.9 cm³/mol. The molecule has 4 nitrogen and oxygen atoms in total. The summed E-state index contributed by atoms with van der Waals surface area (Å²) in [6, 6.07) is 0. The smallest absolute Gasteiger partial charge is 0.220 e. The van der Waals surface area contributed by atoms with Crippen LogP contribution in [0, 0.1) is 23.7 Å². The zero-order valence-electron chi connectivity index (χ0n) is 8.69. The first kappa shape index (κ1) is 11.0. The van der Waals surface area contributed by atoms with E-state index < -0.39 is 0 Å². The molecule has 4 unspecified atom stereocenters. The number of carbonyl (C=O) groups excluding carboxylic acids is 2. The average molecular weight is 198 g/mol. The van der Waals surface area contributed by atoms with Crippen LogP contribution in [0.5, 0.6) is 0 Å². The average Bonchev–Trinajstić information content (AvgIpc) is 2.08. The van der Waals surface area contributed by atoms with E-state index in [4.69, 9.17) is 11.5 Å². The lowest BCUT2D eigenvalue weighted by atomic mass is 9.67. The van der Waals surface area contributed by atoms with Gasteiger partial charge in [0.25, 0.3) is 0 Å². The third kappa shape index (κ3) is 1.89. The van der Waals surface area contributed by atoms with Crippen molar-refractivity contribution in [1.29, 1.82) is 0 Å². The van der Waals surface area contributed by atoms with Gasteiger partial charge in [-0.2, -0.15) is 0 Å². The Kier molecular flexibility index (Phi) is 3.13. The van der Waals surface area contributed by atoms with Crippen LogP contribution in [0.2, 0.25) is 0 Å². The summed E-state index contributed by atoms with van der Waals surface area (Å²) >= 11 is 0. The molecule has 0 bridgehead atoms. The second kappa shape index (κ2) is 3.98. The van der Waals surface area contributed by atoms with E-state index >= 15 is 0 Å². The van der Waals surface area contributed by atoms with Gasteiger partial charge in [-0.3, -0.25) is 9.59 Å². The molecule has 1 aliphatic carbocycles. The third-order valence-electron chi connectivity index (χ3n) is 3.62. The van der Waals surface area contributed by atoms with E-state index in [2.05, 4.69) is 0 Å². The number of primary amides is 2. The lowest BCUT2D eigenvalue weighted by molar-refractivity contribution is -0.131. The predicted octanol–water partition coefficient (Wildman–Crippen LogP) is 0.255. The van der Waals surface area contributed by atoms with Gasteiger partial charge in [-0.25, -0.2) is 0 Å². The Morgan fingerprint density at radius 2 is 1.21 bits per heavy atom. The third-order valence-corrected chi connectivity index (χ3v) is 3.62. The van der Waals surface area contributed by atoms with E-state index in [1.54, 1.807) is 0 Å². The van der Waals surface area contributed by atoms with Gasteiger partial charge in [-0.15, -0.1) is 0 Å². The Morgan fingerprint density at radius 1 is 0.929 bits per heavy atom. The molecular formula is C10H18N2O2. The maximum Gasteiger partial charge on any atom is 0.220 e. The molecular weight excluding hydrogens is 180 g/mol. The molecule has 0 aromatic heterocycles. The molecule has 2 amide bonds. The fraction of sp³-hybridized carbons (Fsp3) is 0.800. The van der Waals surface area contributed by atoms with E-state index in [9.17, 15) is 9.59 Å². The molecule has 4 N–H and O–H groups in total. The van der Waals surface area contributed by atoms with E-state index in [0.717, 1.165) is 0 Å². The van der Waals surface area contributed by atoms with Crippen LogP contribution >= 0.6 is 0 Å². The Labute approximate surface area is 84.0 Å². The van der Waals surface area contributed by atoms with Crippen molar-refractivity contribution in [3.63, 3.8) is 0 Å². The van der Waals surface area contributed by atoms with Crippen molar-refractivity contribution in [2.24, 2.45) is 35.1 Å². The molecule has 1 fully saturated rings. The first-order valence-corrected chi connectivity index (χ1v) is 5.03. The fourth-order valence-electron chi connectivity index (χ4n) is 2.42. The van der Waals surface area contributed by atoms with Crippen molar-refractivity contribution in [3.05, 3.63) is 0 Å². The van der Waals surface area contributed by atoms with Crippen LogP contribution < -0.4 is 11.5 Å². The standard InChI is InChI=1S/C10H18N2O2/c1-5-6(2)8(10(12)14)4-3-7(5)9(11)13/h5-8H,3-4H2,1-2H3,(H2,11,13)(H2,12,14). The highest BCUT2D eigenvalue weighted by molar-refractivity contribution is 5.79. The van der Waals surface area contributed by atoms with Gasteiger partial charge in [0.2, 0.25) is 11.8 Å². The normalized spacial score (nSPS) is 37.9. The summed E-state index contributed by atoms with van der Waals surface area (Å²) in [5.74, 6) is -0.404. The molecule has 1 rings (SSSR count). The van der Waals surface area contributed by atoms with Crippen molar-refractivity contribution in [1.82, 2.24) is 0 Å². The summed E-state index contributed by atoms with van der Waals surface area (Å²) < 4.78 is 0. The van der Waals surface area contributed by atoms with Crippen LogP contribution in [0.1, 0.15) is 26.7 Å². The lowest BCUT2D eigenvalue weighted by Crippen LogP contribution is -2.42. The number of amides is 2. The van der Waals surface area contributed by atoms with Crippen molar-refractivity contribution < 1.29 is 9.59 Å². The minimum absolute atomic E-state index is 0.0967. The van der Waals surface area contributed by atoms with Crippen LogP contribution in [0.4, 0.5) is 0 Å². The Morgan fingerprint density at radius 3 is 1.43 bits per heavy atom. The molecule has 0 heterocycles. The Balaban J connectivity index is 2.73. The molecule has 0 aliphatic heterocycles. The van der Waals surface area contributed by atoms with E-state index in [0.29, 0.717) is 12.8 Å². The maximum atomic E-state index is 11.1. The first-order valence-electron chi connectivity index (χ1n) is 5.03. The summed E-state index contributed by atoms with van der Waals surface area (Å²) in [5.41, 5.74) is 10.6. The highest BCUT2D eigenvalue weighted by atomic mass is 16.1. The molecule has 1 saturated carbocycles. The molecule has 0 saturated heterocycles. The number of hydrogen-bond donors (Lipinski definition) is 2. The van der Waals surface area contributed by atoms with Crippen LogP contribution in [-0.4, -0.2) is 11.8 Å². The lowest BCUT2D eigenvalue weighted by Gasteiger charge is -2.36. The van der Waals surface area contributed by atoms with Gasteiger partial charge in [0.05, 0.1) is 0 Å². The van der Waals surface area contributed by atoms with Gasteiger partial charge < -0.3 is 11.5 Å². The number of nitrogens with two attached hydrogens (primary N) is 2. The second-order valence-electron chi connectivity index (χ2n) is 4.31. The summed E-state index contributed by atoms with van der Waals surface area (Å²) in [6.45, 7) is 3.93. The summed E-state index contributed by atoms with van der Waals surface area (Å²) in [6.07, 6.45) is 1.38. The zero-order chi connectivity index (χ0) is 10.9. The van der Waals surface area contributed by atoms with Crippen molar-refractivity contribution in [3.8, 4) is 0 Å². The van der Waals surface area contributed by atoms with Crippen LogP contribution in [0.3, 0.4) is 0 Å². The number of hydrogen-bond acceptors (Lipinski definition) is 2. The molecule has 0 aromatic rings. The quantitative estimate of drug-likeness (QED) is 0.666. The minimum atomic E-state index is -0.257. The van der Waals surface area contributed by atoms with Crippen molar-refractivity contribution >= 4 is 11.8 Å². The summed E-state index contributed by atoms with van der Waals surface area (Å²) in [4.78, 5) is 22.2. The molecule has 14 heavy (non-hydrogen) atoms. The van der Waals surface area contributed by atoms with Gasteiger partial charge in [0.15, 0.2) is 0 Å². The van der Waals surface area contributed by atoms with Crippen LogP contribution in [-0.2, 0) is 9.59 Å². The monoisotopic (exact) mass is 198 g/mol. The van der Waals surface area contributed by atoms with E-state index in [1.807, 2.05) is 13.8 Å². The molecule has 4 atom stereocenters. The Hall–Kier alpha value is -1.06. The largest absolute Gasteiger partial charge is 0.369 e. The molecule has 80 valence electrons. The van der Waals surface area contributed by atoms with Crippen LogP contribution in [0.25, 0.3) is 0 Å². The highest BCUT2D eigenvalue weighted by Gasteiger charge is 2.38. The molecule has 0 radical (unpaired) electrons. The molecule has 1 aliphatic rings. The topological polar surface area (TPSA) is 86.2 Å². The summed E-state index contributed by atoms with van der Waals surface area (Å²) in [7, 11) is 0. The van der Waals surface area contributed by atoms with Gasteiger partial charge in [0.1, 0.15) is 0 Å². The minimum Gasteiger partial charge on any atom is -0.369 e. The fourth-order valence-corrected chi connectivity index (χ4v) is 2.42. The van der Waals surface area contributed by atoms with Gasteiger partial charge in [-0.05, 0) is 24.7 Å². The maximum absolute atomic E-state index is 11.1. The van der Waals surface area contributed by atoms with Crippen molar-refractivity contribution in [2.75, 3.05) is 0 Å². The van der Waals surface area contributed by atoms with Gasteiger partial charge >= 0.3 is 0 Å². The summed E-state index contributed by atoms with van der Waals surface area (Å²) in [5, 5.41) is 0. The molecule has 0 aromatic carbocycles. The molecule has 0 spiro atoms.